The molecule has 1 saturated carbocycles. The summed E-state index contributed by atoms with van der Waals surface area (Å²) in [5, 5.41) is 0. The van der Waals surface area contributed by atoms with Crippen molar-refractivity contribution in [2.24, 2.45) is 11.8 Å². The molecular formula is C22H24N2O4S. The number of carbonyl (C=O) groups excluding carboxylic acids is 2. The van der Waals surface area contributed by atoms with Gasteiger partial charge in [-0.2, -0.15) is 0 Å². The molecule has 1 N–H and O–H groups in total. The Balaban J connectivity index is 1.59. The number of likely N-dealkylation sites (tertiary alicyclic amines) is 1. The Bertz CT molecular complexity index is 1030. The number of nitrogens with zero attached hydrogens (tertiary/aromatic N) is 1. The number of hydrogen-bond acceptors (Lipinski definition) is 4. The maximum atomic E-state index is 12.9. The number of benzene rings is 2. The van der Waals surface area contributed by atoms with Crippen molar-refractivity contribution in [3.63, 3.8) is 0 Å². The highest BCUT2D eigenvalue weighted by atomic mass is 32.2. The van der Waals surface area contributed by atoms with Crippen molar-refractivity contribution in [3.8, 4) is 0 Å². The molecule has 6 nitrogen and oxygen atoms in total. The monoisotopic (exact) mass is 412 g/mol. The van der Waals surface area contributed by atoms with Crippen LogP contribution in [-0.4, -0.2) is 25.1 Å². The first-order valence-corrected chi connectivity index (χ1v) is 11.4. The molecule has 2 aromatic rings. The standard InChI is InChI=1S/C22H24N2O4S/c1-15-11-12-16(13-20(15)29(27,28)23-17-7-3-2-4-8-17)14-24-21(25)18-9-5-6-10-19(18)22(24)26/h2-4,7-8,11-13,18-19,23H,5-6,9-10,14H2,1H3/t18-,19-/m0/s1. The summed E-state index contributed by atoms with van der Waals surface area (Å²) in [7, 11) is -3.79. The van der Waals surface area contributed by atoms with Crippen molar-refractivity contribution < 1.29 is 18.0 Å². The number of para-hydroxylation sites is 1. The lowest BCUT2D eigenvalue weighted by atomic mass is 9.81. The number of anilines is 1. The van der Waals surface area contributed by atoms with E-state index in [-0.39, 0.29) is 35.1 Å². The largest absolute Gasteiger partial charge is 0.280 e. The quantitative estimate of drug-likeness (QED) is 0.762. The summed E-state index contributed by atoms with van der Waals surface area (Å²) in [5.74, 6) is -0.645. The van der Waals surface area contributed by atoms with Crippen molar-refractivity contribution in [3.05, 3.63) is 59.7 Å². The number of hydrogen-bond donors (Lipinski definition) is 1. The van der Waals surface area contributed by atoms with Crippen LogP contribution in [0.5, 0.6) is 0 Å². The van der Waals surface area contributed by atoms with Crippen LogP contribution in [0.3, 0.4) is 0 Å². The van der Waals surface area contributed by atoms with Gasteiger partial charge in [0.1, 0.15) is 0 Å². The Morgan fingerprint density at radius 1 is 0.966 bits per heavy atom. The molecule has 0 unspecified atom stereocenters. The van der Waals surface area contributed by atoms with Gasteiger partial charge >= 0.3 is 0 Å². The molecule has 4 rings (SSSR count). The van der Waals surface area contributed by atoms with Crippen LogP contribution in [0, 0.1) is 18.8 Å². The summed E-state index contributed by atoms with van der Waals surface area (Å²) < 4.78 is 28.4. The van der Waals surface area contributed by atoms with Gasteiger partial charge in [-0.15, -0.1) is 0 Å². The number of imide groups is 1. The molecule has 152 valence electrons. The highest BCUT2D eigenvalue weighted by Gasteiger charge is 2.47. The fraction of sp³-hybridized carbons (Fsp3) is 0.364. The first-order valence-electron chi connectivity index (χ1n) is 9.89. The van der Waals surface area contributed by atoms with E-state index < -0.39 is 10.0 Å². The van der Waals surface area contributed by atoms with Crippen LogP contribution in [0.25, 0.3) is 0 Å². The summed E-state index contributed by atoms with van der Waals surface area (Å²) in [6.45, 7) is 1.84. The van der Waals surface area contributed by atoms with Gasteiger partial charge < -0.3 is 0 Å². The molecule has 0 spiro atoms. The molecule has 29 heavy (non-hydrogen) atoms. The lowest BCUT2D eigenvalue weighted by Gasteiger charge is -2.19. The number of sulfonamides is 1. The average molecular weight is 413 g/mol. The Hall–Kier alpha value is -2.67. The zero-order valence-electron chi connectivity index (χ0n) is 16.3. The molecule has 2 atom stereocenters. The second-order valence-corrected chi connectivity index (χ2v) is 9.48. The maximum absolute atomic E-state index is 12.9. The molecule has 1 aliphatic heterocycles. The minimum atomic E-state index is -3.79. The molecule has 0 aromatic heterocycles. The number of carbonyl (C=O) groups is 2. The lowest BCUT2D eigenvalue weighted by Crippen LogP contribution is -2.30. The number of amides is 2. The minimum absolute atomic E-state index is 0.110. The van der Waals surface area contributed by atoms with Gasteiger partial charge in [-0.25, -0.2) is 8.42 Å². The van der Waals surface area contributed by atoms with E-state index in [1.807, 2.05) is 6.07 Å². The van der Waals surface area contributed by atoms with Crippen molar-refractivity contribution in [2.75, 3.05) is 4.72 Å². The molecular weight excluding hydrogens is 388 g/mol. The Labute approximate surface area is 171 Å². The van der Waals surface area contributed by atoms with Gasteiger partial charge in [0.15, 0.2) is 0 Å². The van der Waals surface area contributed by atoms with Crippen molar-refractivity contribution in [2.45, 2.75) is 44.0 Å². The summed E-state index contributed by atoms with van der Waals surface area (Å²) in [6, 6.07) is 13.7. The van der Waals surface area contributed by atoms with Crippen LogP contribution < -0.4 is 4.72 Å². The van der Waals surface area contributed by atoms with E-state index in [0.717, 1.165) is 25.7 Å². The van der Waals surface area contributed by atoms with Crippen LogP contribution >= 0.6 is 0 Å². The molecule has 2 aromatic carbocycles. The normalized spacial score (nSPS) is 21.9. The van der Waals surface area contributed by atoms with E-state index in [0.29, 0.717) is 16.8 Å². The number of aryl methyl sites for hydroxylation is 1. The fourth-order valence-electron chi connectivity index (χ4n) is 4.32. The van der Waals surface area contributed by atoms with Crippen molar-refractivity contribution in [1.82, 2.24) is 4.90 Å². The van der Waals surface area contributed by atoms with Gasteiger partial charge in [-0.1, -0.05) is 43.2 Å². The van der Waals surface area contributed by atoms with Crippen LogP contribution in [-0.2, 0) is 26.2 Å². The molecule has 0 bridgehead atoms. The summed E-state index contributed by atoms with van der Waals surface area (Å²) >= 11 is 0. The number of rotatable bonds is 5. The molecule has 7 heteroatoms. The fourth-order valence-corrected chi connectivity index (χ4v) is 5.67. The van der Waals surface area contributed by atoms with Crippen molar-refractivity contribution in [1.29, 1.82) is 0 Å². The molecule has 2 aliphatic rings. The zero-order valence-corrected chi connectivity index (χ0v) is 17.1. The minimum Gasteiger partial charge on any atom is -0.280 e. The van der Waals surface area contributed by atoms with E-state index in [1.165, 1.54) is 4.90 Å². The highest BCUT2D eigenvalue weighted by molar-refractivity contribution is 7.92. The van der Waals surface area contributed by atoms with Crippen LogP contribution in [0.4, 0.5) is 5.69 Å². The topological polar surface area (TPSA) is 83.6 Å². The maximum Gasteiger partial charge on any atom is 0.262 e. The Morgan fingerprint density at radius 2 is 1.59 bits per heavy atom. The molecule has 1 heterocycles. The van der Waals surface area contributed by atoms with E-state index in [4.69, 9.17) is 0 Å². The third kappa shape index (κ3) is 3.79. The van der Waals surface area contributed by atoms with Gasteiger partial charge in [0.05, 0.1) is 23.3 Å². The lowest BCUT2D eigenvalue weighted by molar-refractivity contribution is -0.140. The van der Waals surface area contributed by atoms with Crippen LogP contribution in [0.2, 0.25) is 0 Å². The Morgan fingerprint density at radius 3 is 2.21 bits per heavy atom. The average Bonchev–Trinajstić information content (AvgIpc) is 2.95. The third-order valence-corrected chi connectivity index (χ3v) is 7.36. The second-order valence-electron chi connectivity index (χ2n) is 7.83. The van der Waals surface area contributed by atoms with Gasteiger partial charge in [0, 0.05) is 5.69 Å². The molecule has 2 fully saturated rings. The smallest absolute Gasteiger partial charge is 0.262 e. The van der Waals surface area contributed by atoms with E-state index in [1.54, 1.807) is 49.4 Å². The molecule has 1 aliphatic carbocycles. The second kappa shape index (κ2) is 7.63. The summed E-state index contributed by atoms with van der Waals surface area (Å²) in [6.07, 6.45) is 3.48. The van der Waals surface area contributed by atoms with Crippen LogP contribution in [0.15, 0.2) is 53.4 Å². The first-order chi connectivity index (χ1) is 13.9. The summed E-state index contributed by atoms with van der Waals surface area (Å²) in [4.78, 5) is 26.9. The van der Waals surface area contributed by atoms with E-state index >= 15 is 0 Å². The van der Waals surface area contributed by atoms with Gasteiger partial charge in [0.2, 0.25) is 11.8 Å². The van der Waals surface area contributed by atoms with Gasteiger partial charge in [-0.3, -0.25) is 19.2 Å². The predicted octanol–water partition coefficient (Wildman–Crippen LogP) is 3.47. The Kier molecular flexibility index (Phi) is 5.17. The zero-order chi connectivity index (χ0) is 20.6. The predicted molar refractivity (Wildman–Crippen MR) is 109 cm³/mol. The molecule has 2 amide bonds. The third-order valence-electron chi connectivity index (χ3n) is 5.84. The number of fused-ring (bicyclic) bond motifs is 1. The van der Waals surface area contributed by atoms with Crippen molar-refractivity contribution >= 4 is 27.5 Å². The van der Waals surface area contributed by atoms with Crippen LogP contribution in [0.1, 0.15) is 36.8 Å². The molecule has 0 radical (unpaired) electrons. The van der Waals surface area contributed by atoms with Gasteiger partial charge in [0.25, 0.3) is 10.0 Å². The summed E-state index contributed by atoms with van der Waals surface area (Å²) in [5.41, 5.74) is 1.71. The first kappa shape index (κ1) is 19.6. The molecule has 1 saturated heterocycles. The SMILES string of the molecule is Cc1ccc(CN2C(=O)[C@H]3CCCC[C@@H]3C2=O)cc1S(=O)(=O)Nc1ccccc1. The van der Waals surface area contributed by atoms with Gasteiger partial charge in [-0.05, 0) is 49.1 Å². The number of nitrogens with one attached hydrogen (secondary N) is 1. The van der Waals surface area contributed by atoms with E-state index in [2.05, 4.69) is 4.72 Å². The van der Waals surface area contributed by atoms with E-state index in [9.17, 15) is 18.0 Å². The highest BCUT2D eigenvalue weighted by Crippen LogP contribution is 2.38.